The molecule has 17 heavy (non-hydrogen) atoms. The summed E-state index contributed by atoms with van der Waals surface area (Å²) in [7, 11) is 0. The van der Waals surface area contributed by atoms with Crippen LogP contribution in [0.25, 0.3) is 0 Å². The molecular formula is C11H13FN2O3. The minimum atomic E-state index is -1.13. The van der Waals surface area contributed by atoms with Crippen molar-refractivity contribution in [3.8, 4) is 0 Å². The molecule has 0 heterocycles. The summed E-state index contributed by atoms with van der Waals surface area (Å²) >= 11 is 0. The van der Waals surface area contributed by atoms with Crippen LogP contribution in [-0.2, 0) is 4.79 Å². The number of anilines is 1. The molecule has 92 valence electrons. The lowest BCUT2D eigenvalue weighted by molar-refractivity contribution is -0.139. The van der Waals surface area contributed by atoms with E-state index < -0.39 is 23.7 Å². The van der Waals surface area contributed by atoms with Gasteiger partial charge in [-0.05, 0) is 24.6 Å². The molecule has 1 atom stereocenters. The van der Waals surface area contributed by atoms with E-state index in [1.165, 1.54) is 12.1 Å². The Morgan fingerprint density at radius 1 is 1.53 bits per heavy atom. The molecule has 1 aromatic rings. The number of nitrogen functional groups attached to an aromatic ring is 1. The fourth-order valence-corrected chi connectivity index (χ4v) is 1.25. The third-order valence-corrected chi connectivity index (χ3v) is 2.27. The maximum atomic E-state index is 13.1. The Morgan fingerprint density at radius 2 is 2.18 bits per heavy atom. The van der Waals surface area contributed by atoms with E-state index in [-0.39, 0.29) is 17.7 Å². The van der Waals surface area contributed by atoms with Crippen LogP contribution >= 0.6 is 0 Å². The number of benzene rings is 1. The zero-order valence-corrected chi connectivity index (χ0v) is 9.24. The number of hydrogen-bond acceptors (Lipinski definition) is 3. The highest BCUT2D eigenvalue weighted by Gasteiger charge is 2.18. The molecule has 1 amide bonds. The number of carbonyl (C=O) groups is 2. The number of nitrogens with two attached hydrogens (primary N) is 1. The Hall–Kier alpha value is -2.11. The molecule has 0 saturated carbocycles. The second-order valence-electron chi connectivity index (χ2n) is 3.51. The molecule has 0 bridgehead atoms. The summed E-state index contributed by atoms with van der Waals surface area (Å²) in [6.07, 6.45) is 0.249. The standard InChI is InChI=1S/C11H13FN2O3/c1-2-9(11(16)17)14-10(15)6-3-4-8(13)7(12)5-6/h3-5,9H,2,13H2,1H3,(H,14,15)(H,16,17)/t9-/m0/s1. The van der Waals surface area contributed by atoms with Crippen LogP contribution in [0.5, 0.6) is 0 Å². The van der Waals surface area contributed by atoms with E-state index in [9.17, 15) is 14.0 Å². The number of rotatable bonds is 4. The fourth-order valence-electron chi connectivity index (χ4n) is 1.25. The topological polar surface area (TPSA) is 92.4 Å². The third kappa shape index (κ3) is 3.17. The van der Waals surface area contributed by atoms with Gasteiger partial charge in [0.05, 0.1) is 5.69 Å². The van der Waals surface area contributed by atoms with Crippen LogP contribution in [0, 0.1) is 5.82 Å². The first-order valence-corrected chi connectivity index (χ1v) is 5.04. The molecule has 1 aromatic carbocycles. The lowest BCUT2D eigenvalue weighted by Gasteiger charge is -2.12. The van der Waals surface area contributed by atoms with E-state index in [1.807, 2.05) is 0 Å². The van der Waals surface area contributed by atoms with Crippen molar-refractivity contribution in [3.05, 3.63) is 29.6 Å². The van der Waals surface area contributed by atoms with E-state index in [0.717, 1.165) is 6.07 Å². The normalized spacial score (nSPS) is 11.9. The third-order valence-electron chi connectivity index (χ3n) is 2.27. The molecule has 0 unspecified atom stereocenters. The largest absolute Gasteiger partial charge is 0.480 e. The van der Waals surface area contributed by atoms with Gasteiger partial charge in [-0.25, -0.2) is 9.18 Å². The number of carbonyl (C=O) groups excluding carboxylic acids is 1. The first kappa shape index (κ1) is 13.0. The molecule has 0 radical (unpaired) electrons. The molecule has 0 aromatic heterocycles. The second-order valence-corrected chi connectivity index (χ2v) is 3.51. The second kappa shape index (κ2) is 5.29. The number of hydrogen-bond donors (Lipinski definition) is 3. The van der Waals surface area contributed by atoms with Crippen molar-refractivity contribution >= 4 is 17.6 Å². The Balaban J connectivity index is 2.82. The minimum Gasteiger partial charge on any atom is -0.480 e. The maximum absolute atomic E-state index is 13.1. The van der Waals surface area contributed by atoms with Crippen molar-refractivity contribution in [2.45, 2.75) is 19.4 Å². The number of halogens is 1. The van der Waals surface area contributed by atoms with Gasteiger partial charge in [-0.2, -0.15) is 0 Å². The summed E-state index contributed by atoms with van der Waals surface area (Å²) in [5.74, 6) is -2.48. The zero-order valence-electron chi connectivity index (χ0n) is 9.24. The molecule has 0 aliphatic carbocycles. The average Bonchev–Trinajstić information content (AvgIpc) is 2.28. The van der Waals surface area contributed by atoms with Gasteiger partial charge in [0.15, 0.2) is 0 Å². The minimum absolute atomic E-state index is 0.0383. The molecule has 1 rings (SSSR count). The summed E-state index contributed by atoms with van der Waals surface area (Å²) < 4.78 is 13.1. The smallest absolute Gasteiger partial charge is 0.326 e. The maximum Gasteiger partial charge on any atom is 0.326 e. The van der Waals surface area contributed by atoms with Gasteiger partial charge in [-0.1, -0.05) is 6.92 Å². The highest BCUT2D eigenvalue weighted by atomic mass is 19.1. The van der Waals surface area contributed by atoms with Crippen LogP contribution in [-0.4, -0.2) is 23.0 Å². The lowest BCUT2D eigenvalue weighted by atomic mass is 10.1. The van der Waals surface area contributed by atoms with Gasteiger partial charge in [0.2, 0.25) is 0 Å². The number of carboxylic acids is 1. The monoisotopic (exact) mass is 240 g/mol. The summed E-state index contributed by atoms with van der Waals surface area (Å²) in [5.41, 5.74) is 5.24. The van der Waals surface area contributed by atoms with Crippen molar-refractivity contribution < 1.29 is 19.1 Å². The molecule has 0 saturated heterocycles. The first-order chi connectivity index (χ1) is 7.95. The number of carboxylic acid groups (broad SMARTS) is 1. The van der Waals surface area contributed by atoms with Gasteiger partial charge in [-0.3, -0.25) is 4.79 Å². The van der Waals surface area contributed by atoms with Crippen molar-refractivity contribution in [3.63, 3.8) is 0 Å². The molecular weight excluding hydrogens is 227 g/mol. The average molecular weight is 240 g/mol. The number of nitrogens with one attached hydrogen (secondary N) is 1. The Kier molecular flexibility index (Phi) is 4.03. The van der Waals surface area contributed by atoms with E-state index in [4.69, 9.17) is 10.8 Å². The highest BCUT2D eigenvalue weighted by Crippen LogP contribution is 2.12. The molecule has 5 nitrogen and oxygen atoms in total. The Bertz CT molecular complexity index is 448. The van der Waals surface area contributed by atoms with Crippen molar-refractivity contribution in [1.82, 2.24) is 5.32 Å². The van der Waals surface area contributed by atoms with Crippen LogP contribution in [0.1, 0.15) is 23.7 Å². The highest BCUT2D eigenvalue weighted by molar-refractivity contribution is 5.96. The van der Waals surface area contributed by atoms with Gasteiger partial charge in [0, 0.05) is 5.56 Å². The van der Waals surface area contributed by atoms with Crippen molar-refractivity contribution in [2.24, 2.45) is 0 Å². The number of amides is 1. The van der Waals surface area contributed by atoms with Gasteiger partial charge in [-0.15, -0.1) is 0 Å². The summed E-state index contributed by atoms with van der Waals surface area (Å²) in [6.45, 7) is 1.63. The quantitative estimate of drug-likeness (QED) is 0.684. The summed E-state index contributed by atoms with van der Waals surface area (Å²) in [6, 6.07) is 2.58. The van der Waals surface area contributed by atoms with Gasteiger partial charge in [0.25, 0.3) is 5.91 Å². The van der Waals surface area contributed by atoms with E-state index >= 15 is 0 Å². The van der Waals surface area contributed by atoms with Crippen molar-refractivity contribution in [1.29, 1.82) is 0 Å². The Morgan fingerprint density at radius 3 is 2.65 bits per heavy atom. The van der Waals surface area contributed by atoms with E-state index in [1.54, 1.807) is 6.92 Å². The van der Waals surface area contributed by atoms with Gasteiger partial charge >= 0.3 is 5.97 Å². The molecule has 0 aliphatic rings. The summed E-state index contributed by atoms with van der Waals surface area (Å²) in [5, 5.41) is 11.0. The van der Waals surface area contributed by atoms with Crippen LogP contribution in [0.4, 0.5) is 10.1 Å². The number of aliphatic carboxylic acids is 1. The van der Waals surface area contributed by atoms with Gasteiger partial charge < -0.3 is 16.2 Å². The van der Waals surface area contributed by atoms with Crippen LogP contribution in [0.2, 0.25) is 0 Å². The summed E-state index contributed by atoms with van der Waals surface area (Å²) in [4.78, 5) is 22.3. The first-order valence-electron chi connectivity index (χ1n) is 5.04. The predicted octanol–water partition coefficient (Wildman–Crippen LogP) is 1.00. The zero-order chi connectivity index (χ0) is 13.0. The van der Waals surface area contributed by atoms with E-state index in [2.05, 4.69) is 5.32 Å². The van der Waals surface area contributed by atoms with Crippen LogP contribution < -0.4 is 11.1 Å². The molecule has 6 heteroatoms. The SMILES string of the molecule is CC[C@H](NC(=O)c1ccc(N)c(F)c1)C(=O)O. The predicted molar refractivity (Wildman–Crippen MR) is 60.0 cm³/mol. The lowest BCUT2D eigenvalue weighted by Crippen LogP contribution is -2.40. The molecule has 0 aliphatic heterocycles. The molecule has 4 N–H and O–H groups in total. The van der Waals surface area contributed by atoms with Gasteiger partial charge in [0.1, 0.15) is 11.9 Å². The van der Waals surface area contributed by atoms with E-state index in [0.29, 0.717) is 0 Å². The van der Waals surface area contributed by atoms with Crippen molar-refractivity contribution in [2.75, 3.05) is 5.73 Å². The fraction of sp³-hybridized carbons (Fsp3) is 0.273. The van der Waals surface area contributed by atoms with Crippen LogP contribution in [0.3, 0.4) is 0 Å². The van der Waals surface area contributed by atoms with Crippen LogP contribution in [0.15, 0.2) is 18.2 Å². The Labute approximate surface area is 97.4 Å². The molecule has 0 spiro atoms. The molecule has 0 fully saturated rings.